The Kier molecular flexibility index (Phi) is 6.63. The summed E-state index contributed by atoms with van der Waals surface area (Å²) in [6.07, 6.45) is 0.881. The Labute approximate surface area is 146 Å². The molecule has 0 heterocycles. The van der Waals surface area contributed by atoms with Gasteiger partial charge in [-0.1, -0.05) is 36.7 Å². The molecule has 0 unspecified atom stereocenters. The maximum Gasteiger partial charge on any atom is 0.251 e. The minimum Gasteiger partial charge on any atom is -0.376 e. The average molecular weight is 346 g/mol. The molecule has 0 spiro atoms. The molecule has 0 saturated carbocycles. The van der Waals surface area contributed by atoms with E-state index in [0.717, 1.165) is 6.42 Å². The highest BCUT2D eigenvalue weighted by Gasteiger charge is 2.07. The fourth-order valence-corrected chi connectivity index (χ4v) is 2.23. The molecule has 2 amide bonds. The van der Waals surface area contributed by atoms with Crippen LogP contribution in [0.1, 0.15) is 23.7 Å². The van der Waals surface area contributed by atoms with Crippen molar-refractivity contribution in [2.75, 3.05) is 23.7 Å². The van der Waals surface area contributed by atoms with Gasteiger partial charge in [0.2, 0.25) is 5.91 Å². The smallest absolute Gasteiger partial charge is 0.251 e. The summed E-state index contributed by atoms with van der Waals surface area (Å²) in [6.45, 7) is 2.71. The minimum absolute atomic E-state index is 0.0747. The number of carbonyl (C=O) groups is 2. The largest absolute Gasteiger partial charge is 0.376 e. The summed E-state index contributed by atoms with van der Waals surface area (Å²) in [7, 11) is 0. The van der Waals surface area contributed by atoms with Crippen LogP contribution in [0.15, 0.2) is 48.5 Å². The lowest BCUT2D eigenvalue weighted by Crippen LogP contribution is -2.24. The zero-order valence-electron chi connectivity index (χ0n) is 13.4. The van der Waals surface area contributed by atoms with Crippen LogP contribution < -0.4 is 16.0 Å². The molecule has 24 heavy (non-hydrogen) atoms. The van der Waals surface area contributed by atoms with Gasteiger partial charge >= 0.3 is 0 Å². The van der Waals surface area contributed by atoms with Gasteiger partial charge in [0.15, 0.2) is 0 Å². The Bertz CT molecular complexity index is 719. The zero-order valence-corrected chi connectivity index (χ0v) is 14.2. The van der Waals surface area contributed by atoms with Crippen LogP contribution in [0.25, 0.3) is 0 Å². The van der Waals surface area contributed by atoms with Crippen LogP contribution in [-0.2, 0) is 4.79 Å². The molecule has 6 heteroatoms. The Morgan fingerprint density at radius 3 is 2.62 bits per heavy atom. The lowest BCUT2D eigenvalue weighted by atomic mass is 10.2. The molecule has 126 valence electrons. The summed E-state index contributed by atoms with van der Waals surface area (Å²) in [4.78, 5) is 23.9. The van der Waals surface area contributed by atoms with Crippen molar-refractivity contribution in [1.29, 1.82) is 0 Å². The van der Waals surface area contributed by atoms with Crippen LogP contribution in [0.3, 0.4) is 0 Å². The van der Waals surface area contributed by atoms with Crippen molar-refractivity contribution in [3.05, 3.63) is 59.1 Å². The van der Waals surface area contributed by atoms with E-state index in [1.165, 1.54) is 0 Å². The number of hydrogen-bond acceptors (Lipinski definition) is 3. The van der Waals surface area contributed by atoms with Gasteiger partial charge in [0.05, 0.1) is 17.3 Å². The van der Waals surface area contributed by atoms with E-state index < -0.39 is 0 Å². The normalized spacial score (nSPS) is 10.1. The number of rotatable bonds is 7. The Hall–Kier alpha value is -2.53. The molecule has 0 bridgehead atoms. The number of nitrogens with one attached hydrogen (secondary N) is 3. The molecule has 0 aliphatic carbocycles. The van der Waals surface area contributed by atoms with Gasteiger partial charge in [-0.15, -0.1) is 0 Å². The number of halogens is 1. The predicted octanol–water partition coefficient (Wildman–Crippen LogP) is 3.53. The van der Waals surface area contributed by atoms with Crippen molar-refractivity contribution in [2.45, 2.75) is 13.3 Å². The molecule has 2 aromatic carbocycles. The average Bonchev–Trinajstić information content (AvgIpc) is 2.60. The second-order valence-corrected chi connectivity index (χ2v) is 5.63. The number of anilines is 2. The van der Waals surface area contributed by atoms with Gasteiger partial charge in [-0.3, -0.25) is 9.59 Å². The van der Waals surface area contributed by atoms with Crippen molar-refractivity contribution in [2.24, 2.45) is 0 Å². The third-order valence-corrected chi connectivity index (χ3v) is 3.59. The second-order valence-electron chi connectivity index (χ2n) is 5.22. The summed E-state index contributed by atoms with van der Waals surface area (Å²) in [5, 5.41) is 9.04. The highest BCUT2D eigenvalue weighted by Crippen LogP contribution is 2.20. The second kappa shape index (κ2) is 8.93. The zero-order chi connectivity index (χ0) is 17.4. The Morgan fingerprint density at radius 1 is 1.08 bits per heavy atom. The van der Waals surface area contributed by atoms with Crippen molar-refractivity contribution in [3.63, 3.8) is 0 Å². The minimum atomic E-state index is -0.219. The Balaban J connectivity index is 1.91. The van der Waals surface area contributed by atoms with Crippen LogP contribution in [0.4, 0.5) is 11.4 Å². The molecular weight excluding hydrogens is 326 g/mol. The molecule has 3 N–H and O–H groups in total. The molecule has 0 atom stereocenters. The molecule has 0 aliphatic rings. The molecule has 5 nitrogen and oxygen atoms in total. The SMILES string of the molecule is CCCNC(=O)c1cccc(NCC(=O)Nc2ccccc2Cl)c1. The number of hydrogen-bond donors (Lipinski definition) is 3. The summed E-state index contributed by atoms with van der Waals surface area (Å²) >= 11 is 6.00. The lowest BCUT2D eigenvalue weighted by molar-refractivity contribution is -0.114. The first kappa shape index (κ1) is 17.8. The van der Waals surface area contributed by atoms with E-state index in [1.807, 2.05) is 6.92 Å². The third kappa shape index (κ3) is 5.28. The van der Waals surface area contributed by atoms with Crippen LogP contribution >= 0.6 is 11.6 Å². The fourth-order valence-electron chi connectivity index (χ4n) is 2.05. The van der Waals surface area contributed by atoms with Crippen molar-refractivity contribution in [1.82, 2.24) is 5.32 Å². The molecular formula is C18H20ClN3O2. The third-order valence-electron chi connectivity index (χ3n) is 3.26. The highest BCUT2D eigenvalue weighted by molar-refractivity contribution is 6.33. The van der Waals surface area contributed by atoms with Crippen LogP contribution in [0, 0.1) is 0 Å². The fraction of sp³-hybridized carbons (Fsp3) is 0.222. The Morgan fingerprint density at radius 2 is 1.88 bits per heavy atom. The number of benzene rings is 2. The van der Waals surface area contributed by atoms with E-state index in [2.05, 4.69) is 16.0 Å². The number of amides is 2. The monoisotopic (exact) mass is 345 g/mol. The summed E-state index contributed by atoms with van der Waals surface area (Å²) < 4.78 is 0. The standard InChI is InChI=1S/C18H20ClN3O2/c1-2-10-20-18(24)13-6-5-7-14(11-13)21-12-17(23)22-16-9-4-3-8-15(16)19/h3-9,11,21H,2,10,12H2,1H3,(H,20,24)(H,22,23). The van der Waals surface area contributed by atoms with Crippen molar-refractivity contribution < 1.29 is 9.59 Å². The molecule has 0 fully saturated rings. The molecule has 0 aromatic heterocycles. The van der Waals surface area contributed by atoms with Crippen molar-refractivity contribution >= 4 is 34.8 Å². The summed E-state index contributed by atoms with van der Waals surface area (Å²) in [5.74, 6) is -0.343. The molecule has 2 rings (SSSR count). The van der Waals surface area contributed by atoms with E-state index in [0.29, 0.717) is 28.5 Å². The maximum absolute atomic E-state index is 12.0. The van der Waals surface area contributed by atoms with Gasteiger partial charge in [0, 0.05) is 17.8 Å². The highest BCUT2D eigenvalue weighted by atomic mass is 35.5. The van der Waals surface area contributed by atoms with Gasteiger partial charge in [-0.25, -0.2) is 0 Å². The predicted molar refractivity (Wildman–Crippen MR) is 97.6 cm³/mol. The van der Waals surface area contributed by atoms with Gasteiger partial charge in [0.25, 0.3) is 5.91 Å². The maximum atomic E-state index is 12.0. The molecule has 0 saturated heterocycles. The van der Waals surface area contributed by atoms with Crippen LogP contribution in [0.5, 0.6) is 0 Å². The van der Waals surface area contributed by atoms with Gasteiger partial charge in [0.1, 0.15) is 0 Å². The summed E-state index contributed by atoms with van der Waals surface area (Å²) in [5.41, 5.74) is 1.83. The topological polar surface area (TPSA) is 70.2 Å². The first-order chi connectivity index (χ1) is 11.6. The number of carbonyl (C=O) groups excluding carboxylic acids is 2. The molecule has 0 aliphatic heterocycles. The van der Waals surface area contributed by atoms with Crippen LogP contribution in [0.2, 0.25) is 5.02 Å². The number of para-hydroxylation sites is 1. The van der Waals surface area contributed by atoms with E-state index >= 15 is 0 Å². The van der Waals surface area contributed by atoms with E-state index in [-0.39, 0.29) is 18.4 Å². The van der Waals surface area contributed by atoms with Gasteiger partial charge in [-0.2, -0.15) is 0 Å². The van der Waals surface area contributed by atoms with Gasteiger partial charge < -0.3 is 16.0 Å². The first-order valence-corrected chi connectivity index (χ1v) is 8.14. The van der Waals surface area contributed by atoms with E-state index in [9.17, 15) is 9.59 Å². The van der Waals surface area contributed by atoms with E-state index in [1.54, 1.807) is 48.5 Å². The summed E-state index contributed by atoms with van der Waals surface area (Å²) in [6, 6.07) is 14.1. The molecule has 2 aromatic rings. The van der Waals surface area contributed by atoms with E-state index in [4.69, 9.17) is 11.6 Å². The van der Waals surface area contributed by atoms with Crippen LogP contribution in [-0.4, -0.2) is 24.9 Å². The van der Waals surface area contributed by atoms with Crippen molar-refractivity contribution in [3.8, 4) is 0 Å². The quantitative estimate of drug-likeness (QED) is 0.719. The molecule has 0 radical (unpaired) electrons. The first-order valence-electron chi connectivity index (χ1n) is 7.76. The lowest BCUT2D eigenvalue weighted by Gasteiger charge is -2.10. The van der Waals surface area contributed by atoms with Gasteiger partial charge in [-0.05, 0) is 36.8 Å².